The molecule has 5 heteroatoms. The SMILES string of the molecule is CC(C)C(CC(=O)NCc1ccccc1)C(F)(F)F. The summed E-state index contributed by atoms with van der Waals surface area (Å²) in [6.45, 7) is 3.20. The fraction of sp³-hybridized carbons (Fsp3) is 0.500. The van der Waals surface area contributed by atoms with Gasteiger partial charge in [-0.1, -0.05) is 44.2 Å². The average molecular weight is 273 g/mol. The number of carbonyl (C=O) groups is 1. The van der Waals surface area contributed by atoms with Gasteiger partial charge in [0, 0.05) is 13.0 Å². The molecule has 1 amide bonds. The second-order valence-corrected chi connectivity index (χ2v) is 4.86. The van der Waals surface area contributed by atoms with Crippen LogP contribution in [0.1, 0.15) is 25.8 Å². The monoisotopic (exact) mass is 273 g/mol. The summed E-state index contributed by atoms with van der Waals surface area (Å²) in [5.74, 6) is -2.77. The topological polar surface area (TPSA) is 29.1 Å². The molecule has 2 nitrogen and oxygen atoms in total. The van der Waals surface area contributed by atoms with Gasteiger partial charge in [0.15, 0.2) is 0 Å². The minimum atomic E-state index is -4.34. The first-order valence-corrected chi connectivity index (χ1v) is 6.18. The Labute approximate surface area is 111 Å². The van der Waals surface area contributed by atoms with Gasteiger partial charge in [0.1, 0.15) is 0 Å². The van der Waals surface area contributed by atoms with Crippen LogP contribution < -0.4 is 5.32 Å². The Morgan fingerprint density at radius 1 is 1.21 bits per heavy atom. The lowest BCUT2D eigenvalue weighted by Gasteiger charge is -2.23. The highest BCUT2D eigenvalue weighted by Gasteiger charge is 2.42. The Balaban J connectivity index is 2.50. The number of hydrogen-bond donors (Lipinski definition) is 1. The summed E-state index contributed by atoms with van der Waals surface area (Å²) in [6, 6.07) is 9.08. The standard InChI is InChI=1S/C14H18F3NO/c1-10(2)12(14(15,16)17)8-13(19)18-9-11-6-4-3-5-7-11/h3-7,10,12H,8-9H2,1-2H3,(H,18,19). The van der Waals surface area contributed by atoms with Crippen molar-refractivity contribution >= 4 is 5.91 Å². The largest absolute Gasteiger partial charge is 0.392 e. The van der Waals surface area contributed by atoms with Gasteiger partial charge in [0.05, 0.1) is 5.92 Å². The number of rotatable bonds is 5. The summed E-state index contributed by atoms with van der Waals surface area (Å²) in [7, 11) is 0. The molecule has 1 atom stereocenters. The molecule has 0 spiro atoms. The molecule has 0 bridgehead atoms. The normalized spacial score (nSPS) is 13.4. The molecule has 0 fully saturated rings. The Kier molecular flexibility index (Phi) is 5.39. The van der Waals surface area contributed by atoms with Crippen molar-refractivity contribution in [3.63, 3.8) is 0 Å². The maximum absolute atomic E-state index is 12.7. The van der Waals surface area contributed by atoms with Gasteiger partial charge < -0.3 is 5.32 Å². The number of nitrogens with one attached hydrogen (secondary N) is 1. The smallest absolute Gasteiger partial charge is 0.352 e. The summed E-state index contributed by atoms with van der Waals surface area (Å²) in [4.78, 5) is 11.6. The van der Waals surface area contributed by atoms with Crippen molar-refractivity contribution in [2.45, 2.75) is 33.0 Å². The second kappa shape index (κ2) is 6.59. The van der Waals surface area contributed by atoms with Crippen LogP contribution in [-0.2, 0) is 11.3 Å². The van der Waals surface area contributed by atoms with Crippen LogP contribution in [-0.4, -0.2) is 12.1 Å². The molecule has 1 unspecified atom stereocenters. The first-order chi connectivity index (χ1) is 8.80. The highest BCUT2D eigenvalue weighted by molar-refractivity contribution is 5.76. The minimum absolute atomic E-state index is 0.252. The maximum Gasteiger partial charge on any atom is 0.392 e. The molecule has 0 aromatic heterocycles. The van der Waals surface area contributed by atoms with Crippen molar-refractivity contribution < 1.29 is 18.0 Å². The van der Waals surface area contributed by atoms with Gasteiger partial charge in [-0.2, -0.15) is 13.2 Å². The molecule has 0 saturated carbocycles. The molecule has 0 saturated heterocycles. The molecule has 1 N–H and O–H groups in total. The molecule has 1 rings (SSSR count). The van der Waals surface area contributed by atoms with E-state index in [9.17, 15) is 18.0 Å². The number of carbonyl (C=O) groups excluding carboxylic acids is 1. The summed E-state index contributed by atoms with van der Waals surface area (Å²) in [6.07, 6.45) is -4.85. The number of hydrogen-bond acceptors (Lipinski definition) is 1. The zero-order valence-corrected chi connectivity index (χ0v) is 11.0. The number of amides is 1. The van der Waals surface area contributed by atoms with Gasteiger partial charge >= 0.3 is 6.18 Å². The van der Waals surface area contributed by atoms with E-state index in [1.165, 1.54) is 13.8 Å². The zero-order valence-electron chi connectivity index (χ0n) is 11.0. The van der Waals surface area contributed by atoms with E-state index in [2.05, 4.69) is 5.32 Å². The number of benzene rings is 1. The predicted molar refractivity (Wildman–Crippen MR) is 67.3 cm³/mol. The maximum atomic E-state index is 12.7. The Bertz CT molecular complexity index is 401. The average Bonchev–Trinajstić information content (AvgIpc) is 2.33. The first-order valence-electron chi connectivity index (χ1n) is 6.18. The third-order valence-electron chi connectivity index (χ3n) is 2.96. The van der Waals surface area contributed by atoms with Gasteiger partial charge in [-0.15, -0.1) is 0 Å². The van der Waals surface area contributed by atoms with Crippen molar-refractivity contribution in [1.29, 1.82) is 0 Å². The van der Waals surface area contributed by atoms with Crippen molar-refractivity contribution in [2.24, 2.45) is 11.8 Å². The second-order valence-electron chi connectivity index (χ2n) is 4.86. The minimum Gasteiger partial charge on any atom is -0.352 e. The van der Waals surface area contributed by atoms with Crippen molar-refractivity contribution in [3.8, 4) is 0 Å². The van der Waals surface area contributed by atoms with E-state index in [1.807, 2.05) is 30.3 Å². The molecule has 0 heterocycles. The third kappa shape index (κ3) is 5.32. The zero-order chi connectivity index (χ0) is 14.5. The van der Waals surface area contributed by atoms with E-state index < -0.39 is 30.3 Å². The lowest BCUT2D eigenvalue weighted by molar-refractivity contribution is -0.189. The Hall–Kier alpha value is -1.52. The van der Waals surface area contributed by atoms with Crippen LogP contribution >= 0.6 is 0 Å². The van der Waals surface area contributed by atoms with Crippen LogP contribution in [0.25, 0.3) is 0 Å². The molecule has 0 aliphatic heterocycles. The lowest BCUT2D eigenvalue weighted by Crippen LogP contribution is -2.34. The van der Waals surface area contributed by atoms with E-state index in [4.69, 9.17) is 0 Å². The molecular formula is C14H18F3NO. The third-order valence-corrected chi connectivity index (χ3v) is 2.96. The van der Waals surface area contributed by atoms with Crippen molar-refractivity contribution in [2.75, 3.05) is 0 Å². The highest BCUT2D eigenvalue weighted by Crippen LogP contribution is 2.34. The highest BCUT2D eigenvalue weighted by atomic mass is 19.4. The van der Waals surface area contributed by atoms with E-state index in [0.29, 0.717) is 0 Å². The number of alkyl halides is 3. The molecular weight excluding hydrogens is 255 g/mol. The molecule has 19 heavy (non-hydrogen) atoms. The lowest BCUT2D eigenvalue weighted by atomic mass is 9.91. The van der Waals surface area contributed by atoms with Gasteiger partial charge in [-0.25, -0.2) is 0 Å². The quantitative estimate of drug-likeness (QED) is 0.873. The van der Waals surface area contributed by atoms with Crippen LogP contribution in [0.4, 0.5) is 13.2 Å². The van der Waals surface area contributed by atoms with Crippen LogP contribution in [0, 0.1) is 11.8 Å². The first kappa shape index (κ1) is 15.5. The predicted octanol–water partition coefficient (Wildman–Crippen LogP) is 3.53. The van der Waals surface area contributed by atoms with Crippen molar-refractivity contribution in [3.05, 3.63) is 35.9 Å². The Morgan fingerprint density at radius 2 is 1.79 bits per heavy atom. The molecule has 0 aliphatic carbocycles. The van der Waals surface area contributed by atoms with Crippen LogP contribution in [0.5, 0.6) is 0 Å². The van der Waals surface area contributed by atoms with E-state index >= 15 is 0 Å². The van der Waals surface area contributed by atoms with Crippen molar-refractivity contribution in [1.82, 2.24) is 5.32 Å². The molecule has 1 aromatic rings. The summed E-state index contributed by atoms with van der Waals surface area (Å²) in [5, 5.41) is 2.52. The van der Waals surface area contributed by atoms with E-state index in [1.54, 1.807) is 0 Å². The summed E-state index contributed by atoms with van der Waals surface area (Å²) in [5.41, 5.74) is 0.865. The van der Waals surface area contributed by atoms with E-state index in [-0.39, 0.29) is 6.54 Å². The Morgan fingerprint density at radius 3 is 2.26 bits per heavy atom. The van der Waals surface area contributed by atoms with Crippen LogP contribution in [0.3, 0.4) is 0 Å². The van der Waals surface area contributed by atoms with Crippen LogP contribution in [0.15, 0.2) is 30.3 Å². The molecule has 106 valence electrons. The molecule has 1 aromatic carbocycles. The van der Waals surface area contributed by atoms with Gasteiger partial charge in [0.25, 0.3) is 0 Å². The van der Waals surface area contributed by atoms with Gasteiger partial charge in [0.2, 0.25) is 5.91 Å². The fourth-order valence-electron chi connectivity index (χ4n) is 1.80. The van der Waals surface area contributed by atoms with Gasteiger partial charge in [-0.05, 0) is 11.5 Å². The fourth-order valence-corrected chi connectivity index (χ4v) is 1.80. The summed E-state index contributed by atoms with van der Waals surface area (Å²) < 4.78 is 38.1. The van der Waals surface area contributed by atoms with E-state index in [0.717, 1.165) is 5.56 Å². The molecule has 0 radical (unpaired) electrons. The van der Waals surface area contributed by atoms with Gasteiger partial charge in [-0.3, -0.25) is 4.79 Å². The van der Waals surface area contributed by atoms with Crippen LogP contribution in [0.2, 0.25) is 0 Å². The summed E-state index contributed by atoms with van der Waals surface area (Å²) >= 11 is 0. The molecule has 0 aliphatic rings. The number of halogens is 3.